The molecule has 0 aromatic heterocycles. The zero-order valence-corrected chi connectivity index (χ0v) is 6.92. The number of rotatable bonds is 1. The Morgan fingerprint density at radius 1 is 1.18 bits per heavy atom. The van der Waals surface area contributed by atoms with Crippen LogP contribution in [0, 0.1) is 29.1 Å². The van der Waals surface area contributed by atoms with Gasteiger partial charge >= 0.3 is 0 Å². The normalized spacial score (nSPS) is 41.9. The van der Waals surface area contributed by atoms with Crippen LogP contribution in [0.25, 0.3) is 0 Å². The highest BCUT2D eigenvalue weighted by Crippen LogP contribution is 2.45. The third-order valence-corrected chi connectivity index (χ3v) is 3.55. The minimum absolute atomic E-state index is 0.771. The molecule has 0 heterocycles. The second-order valence-corrected chi connectivity index (χ2v) is 4.14. The summed E-state index contributed by atoms with van der Waals surface area (Å²) in [5, 5.41) is 8.60. The SMILES string of the molecule is N#CCC1CC2CCC1CC2. The third-order valence-electron chi connectivity index (χ3n) is 3.55. The van der Waals surface area contributed by atoms with Crippen molar-refractivity contribution in [2.45, 2.75) is 38.5 Å². The first-order valence-electron chi connectivity index (χ1n) is 4.77. The molecule has 60 valence electrons. The Hall–Kier alpha value is -0.510. The third kappa shape index (κ3) is 1.27. The summed E-state index contributed by atoms with van der Waals surface area (Å²) in [5.41, 5.74) is 0. The smallest absolute Gasteiger partial charge is 0.0624 e. The Balaban J connectivity index is 1.98. The van der Waals surface area contributed by atoms with Crippen molar-refractivity contribution >= 4 is 0 Å². The first kappa shape index (κ1) is 7.16. The van der Waals surface area contributed by atoms with Gasteiger partial charge in [-0.05, 0) is 37.0 Å². The molecule has 2 bridgehead atoms. The van der Waals surface area contributed by atoms with Gasteiger partial charge in [0.05, 0.1) is 6.07 Å². The van der Waals surface area contributed by atoms with Gasteiger partial charge < -0.3 is 0 Å². The molecule has 1 atom stereocenters. The summed E-state index contributed by atoms with van der Waals surface area (Å²) < 4.78 is 0. The van der Waals surface area contributed by atoms with E-state index in [2.05, 4.69) is 6.07 Å². The Kier molecular flexibility index (Phi) is 1.85. The van der Waals surface area contributed by atoms with Crippen molar-refractivity contribution in [2.24, 2.45) is 17.8 Å². The Labute approximate surface area is 68.4 Å². The molecule has 0 spiro atoms. The summed E-state index contributed by atoms with van der Waals surface area (Å²) in [6, 6.07) is 2.32. The lowest BCUT2D eigenvalue weighted by molar-refractivity contribution is 0.102. The van der Waals surface area contributed by atoms with Gasteiger partial charge in [0.15, 0.2) is 0 Å². The molecule has 3 aliphatic rings. The first-order valence-corrected chi connectivity index (χ1v) is 4.77. The first-order chi connectivity index (χ1) is 5.40. The summed E-state index contributed by atoms with van der Waals surface area (Å²) in [4.78, 5) is 0. The molecule has 3 saturated carbocycles. The van der Waals surface area contributed by atoms with Crippen LogP contribution in [-0.2, 0) is 0 Å². The summed E-state index contributed by atoms with van der Waals surface area (Å²) in [6.07, 6.45) is 7.91. The van der Waals surface area contributed by atoms with Crippen LogP contribution in [0.4, 0.5) is 0 Å². The van der Waals surface area contributed by atoms with Gasteiger partial charge in [-0.25, -0.2) is 0 Å². The van der Waals surface area contributed by atoms with Gasteiger partial charge in [0, 0.05) is 6.42 Å². The summed E-state index contributed by atoms with van der Waals surface area (Å²) >= 11 is 0. The van der Waals surface area contributed by atoms with Crippen LogP contribution in [0.2, 0.25) is 0 Å². The summed E-state index contributed by atoms with van der Waals surface area (Å²) in [6.45, 7) is 0. The summed E-state index contributed by atoms with van der Waals surface area (Å²) in [5.74, 6) is 2.67. The second-order valence-electron chi connectivity index (χ2n) is 4.14. The monoisotopic (exact) mass is 149 g/mol. The lowest BCUT2D eigenvalue weighted by Crippen LogP contribution is -2.30. The highest BCUT2D eigenvalue weighted by atomic mass is 14.4. The van der Waals surface area contributed by atoms with Gasteiger partial charge in [0.25, 0.3) is 0 Å². The standard InChI is InChI=1S/C10H15N/c11-6-5-10-7-8-1-3-9(10)4-2-8/h8-10H,1-5,7H2. The van der Waals surface area contributed by atoms with Crippen molar-refractivity contribution in [3.8, 4) is 6.07 Å². The maximum absolute atomic E-state index is 8.60. The van der Waals surface area contributed by atoms with E-state index >= 15 is 0 Å². The van der Waals surface area contributed by atoms with Gasteiger partial charge in [0.1, 0.15) is 0 Å². The molecule has 3 fully saturated rings. The van der Waals surface area contributed by atoms with Gasteiger partial charge in [-0.15, -0.1) is 0 Å². The molecule has 3 rings (SSSR count). The Morgan fingerprint density at radius 3 is 2.36 bits per heavy atom. The fourth-order valence-corrected chi connectivity index (χ4v) is 2.88. The molecule has 0 aromatic carbocycles. The molecule has 0 amide bonds. The van der Waals surface area contributed by atoms with E-state index in [0.717, 1.165) is 24.2 Å². The summed E-state index contributed by atoms with van der Waals surface area (Å²) in [7, 11) is 0. The number of nitrogens with zero attached hydrogens (tertiary/aromatic N) is 1. The van der Waals surface area contributed by atoms with E-state index < -0.39 is 0 Å². The minimum atomic E-state index is 0.771. The van der Waals surface area contributed by atoms with Crippen molar-refractivity contribution < 1.29 is 0 Å². The molecule has 1 heteroatoms. The molecule has 0 aromatic rings. The van der Waals surface area contributed by atoms with E-state index in [-0.39, 0.29) is 0 Å². The molecule has 3 aliphatic carbocycles. The van der Waals surface area contributed by atoms with Crippen molar-refractivity contribution in [1.82, 2.24) is 0 Å². The van der Waals surface area contributed by atoms with E-state index in [4.69, 9.17) is 5.26 Å². The second kappa shape index (κ2) is 2.85. The van der Waals surface area contributed by atoms with Gasteiger partial charge in [-0.3, -0.25) is 0 Å². The fraction of sp³-hybridized carbons (Fsp3) is 0.900. The van der Waals surface area contributed by atoms with Crippen molar-refractivity contribution in [2.75, 3.05) is 0 Å². The van der Waals surface area contributed by atoms with Crippen molar-refractivity contribution in [3.63, 3.8) is 0 Å². The van der Waals surface area contributed by atoms with Crippen LogP contribution < -0.4 is 0 Å². The zero-order chi connectivity index (χ0) is 7.68. The predicted octanol–water partition coefficient (Wildman–Crippen LogP) is 2.73. The van der Waals surface area contributed by atoms with Crippen LogP contribution in [0.1, 0.15) is 38.5 Å². The van der Waals surface area contributed by atoms with Gasteiger partial charge in [-0.1, -0.05) is 12.8 Å². The van der Waals surface area contributed by atoms with Crippen molar-refractivity contribution in [1.29, 1.82) is 5.26 Å². The number of nitriles is 1. The molecule has 1 unspecified atom stereocenters. The number of hydrogen-bond donors (Lipinski definition) is 0. The largest absolute Gasteiger partial charge is 0.198 e. The number of fused-ring (bicyclic) bond motifs is 3. The van der Waals surface area contributed by atoms with Crippen LogP contribution >= 0.6 is 0 Å². The molecular formula is C10H15N. The van der Waals surface area contributed by atoms with E-state index in [1.165, 1.54) is 32.1 Å². The van der Waals surface area contributed by atoms with Crippen molar-refractivity contribution in [3.05, 3.63) is 0 Å². The van der Waals surface area contributed by atoms with E-state index in [0.29, 0.717) is 0 Å². The highest BCUT2D eigenvalue weighted by molar-refractivity contribution is 4.90. The predicted molar refractivity (Wildman–Crippen MR) is 43.8 cm³/mol. The average molecular weight is 149 g/mol. The molecule has 0 radical (unpaired) electrons. The molecule has 0 saturated heterocycles. The Bertz CT molecular complexity index is 172. The van der Waals surface area contributed by atoms with Crippen LogP contribution in [0.15, 0.2) is 0 Å². The lowest BCUT2D eigenvalue weighted by atomic mass is 9.64. The van der Waals surface area contributed by atoms with Gasteiger partial charge in [0.2, 0.25) is 0 Å². The van der Waals surface area contributed by atoms with Crippen LogP contribution in [0.5, 0.6) is 0 Å². The molecule has 0 N–H and O–H groups in total. The Morgan fingerprint density at radius 2 is 1.91 bits per heavy atom. The minimum Gasteiger partial charge on any atom is -0.198 e. The molecule has 11 heavy (non-hydrogen) atoms. The van der Waals surface area contributed by atoms with E-state index in [1.807, 2.05) is 0 Å². The quantitative estimate of drug-likeness (QED) is 0.562. The topological polar surface area (TPSA) is 23.8 Å². The zero-order valence-electron chi connectivity index (χ0n) is 6.92. The number of hydrogen-bond acceptors (Lipinski definition) is 1. The van der Waals surface area contributed by atoms with Gasteiger partial charge in [-0.2, -0.15) is 5.26 Å². The molecule has 1 nitrogen and oxygen atoms in total. The molecule has 0 aliphatic heterocycles. The maximum atomic E-state index is 8.60. The lowest BCUT2D eigenvalue weighted by Gasteiger charge is -2.41. The maximum Gasteiger partial charge on any atom is 0.0624 e. The van der Waals surface area contributed by atoms with Crippen LogP contribution in [-0.4, -0.2) is 0 Å². The average Bonchev–Trinajstić information content (AvgIpc) is 2.07. The van der Waals surface area contributed by atoms with E-state index in [1.54, 1.807) is 0 Å². The van der Waals surface area contributed by atoms with E-state index in [9.17, 15) is 0 Å². The molecular weight excluding hydrogens is 134 g/mol. The highest BCUT2D eigenvalue weighted by Gasteiger charge is 2.34. The fourth-order valence-electron chi connectivity index (χ4n) is 2.88. The van der Waals surface area contributed by atoms with Crippen LogP contribution in [0.3, 0.4) is 0 Å².